The SMILES string of the molecule is O=C(O)C1CCCN(C(=O)c2ccc(OC3CC3(F)F)cc2)C1. The van der Waals surface area contributed by atoms with Crippen LogP contribution in [0.1, 0.15) is 29.6 Å². The number of rotatable bonds is 4. The third-order valence-electron chi connectivity index (χ3n) is 4.21. The first-order valence-electron chi connectivity index (χ1n) is 7.53. The van der Waals surface area contributed by atoms with E-state index in [4.69, 9.17) is 9.84 Å². The molecule has 0 radical (unpaired) electrons. The topological polar surface area (TPSA) is 66.8 Å². The predicted molar refractivity (Wildman–Crippen MR) is 76.7 cm³/mol. The van der Waals surface area contributed by atoms with E-state index in [0.29, 0.717) is 30.7 Å². The van der Waals surface area contributed by atoms with Gasteiger partial charge in [-0.15, -0.1) is 0 Å². The first-order valence-corrected chi connectivity index (χ1v) is 7.53. The number of halogens is 2. The van der Waals surface area contributed by atoms with Crippen molar-refractivity contribution < 1.29 is 28.2 Å². The lowest BCUT2D eigenvalue weighted by Gasteiger charge is -2.30. The van der Waals surface area contributed by atoms with E-state index in [9.17, 15) is 18.4 Å². The summed E-state index contributed by atoms with van der Waals surface area (Å²) in [5.41, 5.74) is 0.394. The lowest BCUT2D eigenvalue weighted by atomic mass is 9.97. The summed E-state index contributed by atoms with van der Waals surface area (Å²) in [4.78, 5) is 25.0. The lowest BCUT2D eigenvalue weighted by molar-refractivity contribution is -0.143. The summed E-state index contributed by atoms with van der Waals surface area (Å²) in [6, 6.07) is 6.01. The monoisotopic (exact) mass is 325 g/mol. The molecular formula is C16H17F2NO4. The predicted octanol–water partition coefficient (Wildman–Crippen LogP) is 2.41. The molecule has 1 aromatic rings. The minimum absolute atomic E-state index is 0.195. The Labute approximate surface area is 131 Å². The van der Waals surface area contributed by atoms with Crippen molar-refractivity contribution >= 4 is 11.9 Å². The number of carboxylic acids is 1. The normalized spacial score (nSPS) is 25.7. The second kappa shape index (κ2) is 5.79. The number of benzene rings is 1. The van der Waals surface area contributed by atoms with Crippen molar-refractivity contribution in [2.75, 3.05) is 13.1 Å². The number of hydrogen-bond donors (Lipinski definition) is 1. The van der Waals surface area contributed by atoms with Crippen molar-refractivity contribution in [1.82, 2.24) is 4.90 Å². The second-order valence-electron chi connectivity index (χ2n) is 6.02. The fourth-order valence-electron chi connectivity index (χ4n) is 2.70. The number of carboxylic acid groups (broad SMARTS) is 1. The van der Waals surface area contributed by atoms with Gasteiger partial charge in [-0.05, 0) is 37.1 Å². The molecule has 2 aliphatic rings. The van der Waals surface area contributed by atoms with E-state index in [0.717, 1.165) is 0 Å². The zero-order valence-electron chi connectivity index (χ0n) is 12.4. The van der Waals surface area contributed by atoms with Gasteiger partial charge in [0.25, 0.3) is 11.8 Å². The van der Waals surface area contributed by atoms with E-state index >= 15 is 0 Å². The van der Waals surface area contributed by atoms with E-state index in [-0.39, 0.29) is 18.9 Å². The maximum Gasteiger partial charge on any atom is 0.308 e. The van der Waals surface area contributed by atoms with E-state index in [1.807, 2.05) is 0 Å². The zero-order valence-corrected chi connectivity index (χ0v) is 12.4. The number of alkyl halides is 2. The van der Waals surface area contributed by atoms with Gasteiger partial charge >= 0.3 is 5.97 Å². The summed E-state index contributed by atoms with van der Waals surface area (Å²) < 4.78 is 30.7. The summed E-state index contributed by atoms with van der Waals surface area (Å²) in [6.45, 7) is 0.718. The van der Waals surface area contributed by atoms with Crippen LogP contribution in [0.4, 0.5) is 8.78 Å². The number of nitrogens with zero attached hydrogens (tertiary/aromatic N) is 1. The van der Waals surface area contributed by atoms with Gasteiger partial charge in [0.1, 0.15) is 5.75 Å². The number of amides is 1. The Bertz CT molecular complexity index is 617. The summed E-state index contributed by atoms with van der Waals surface area (Å²) in [5.74, 6) is -4.14. The van der Waals surface area contributed by atoms with E-state index in [2.05, 4.69) is 0 Å². The Balaban J connectivity index is 1.62. The molecule has 1 aliphatic heterocycles. The Morgan fingerprint density at radius 2 is 1.91 bits per heavy atom. The molecule has 5 nitrogen and oxygen atoms in total. The molecule has 0 bridgehead atoms. The highest BCUT2D eigenvalue weighted by Crippen LogP contribution is 2.44. The number of piperidine rings is 1. The highest BCUT2D eigenvalue weighted by atomic mass is 19.3. The molecule has 1 N–H and O–H groups in total. The first-order chi connectivity index (χ1) is 10.9. The quantitative estimate of drug-likeness (QED) is 0.923. The molecule has 0 aromatic heterocycles. The van der Waals surface area contributed by atoms with Crippen LogP contribution in [-0.4, -0.2) is 47.0 Å². The van der Waals surface area contributed by atoms with Crippen LogP contribution in [-0.2, 0) is 4.79 Å². The molecule has 2 fully saturated rings. The van der Waals surface area contributed by atoms with Crippen LogP contribution >= 0.6 is 0 Å². The molecule has 2 unspecified atom stereocenters. The van der Waals surface area contributed by atoms with Gasteiger partial charge in [0.15, 0.2) is 6.10 Å². The lowest BCUT2D eigenvalue weighted by Crippen LogP contribution is -2.42. The maximum atomic E-state index is 12.8. The van der Waals surface area contributed by atoms with E-state index in [1.54, 1.807) is 0 Å². The number of aliphatic carboxylic acids is 1. The molecule has 2 atom stereocenters. The van der Waals surface area contributed by atoms with Gasteiger partial charge < -0.3 is 14.7 Å². The van der Waals surface area contributed by atoms with Crippen LogP contribution in [0.15, 0.2) is 24.3 Å². The van der Waals surface area contributed by atoms with Gasteiger partial charge in [0, 0.05) is 18.7 Å². The minimum Gasteiger partial charge on any atom is -0.484 e. The number of hydrogen-bond acceptors (Lipinski definition) is 3. The van der Waals surface area contributed by atoms with Crippen LogP contribution in [0.25, 0.3) is 0 Å². The molecule has 124 valence electrons. The van der Waals surface area contributed by atoms with Crippen molar-refractivity contribution in [1.29, 1.82) is 0 Å². The van der Waals surface area contributed by atoms with Crippen molar-refractivity contribution in [2.45, 2.75) is 31.3 Å². The Morgan fingerprint density at radius 3 is 2.48 bits per heavy atom. The summed E-state index contributed by atoms with van der Waals surface area (Å²) >= 11 is 0. The summed E-state index contributed by atoms with van der Waals surface area (Å²) in [7, 11) is 0. The molecule has 1 aliphatic carbocycles. The summed E-state index contributed by atoms with van der Waals surface area (Å²) in [5, 5.41) is 9.06. The standard InChI is InChI=1S/C16H17F2NO4/c17-16(18)8-13(16)23-12-5-3-10(4-6-12)14(20)19-7-1-2-11(9-19)15(21)22/h3-6,11,13H,1-2,7-9H2,(H,21,22). The van der Waals surface area contributed by atoms with Gasteiger partial charge in [0.05, 0.1) is 12.3 Å². The molecule has 3 rings (SSSR count). The molecular weight excluding hydrogens is 308 g/mol. The maximum absolute atomic E-state index is 12.8. The smallest absolute Gasteiger partial charge is 0.308 e. The van der Waals surface area contributed by atoms with Crippen LogP contribution in [0.2, 0.25) is 0 Å². The van der Waals surface area contributed by atoms with Gasteiger partial charge in [-0.1, -0.05) is 0 Å². The highest BCUT2D eigenvalue weighted by molar-refractivity contribution is 5.94. The molecule has 1 saturated heterocycles. The molecule has 7 heteroatoms. The zero-order chi connectivity index (χ0) is 16.6. The molecule has 23 heavy (non-hydrogen) atoms. The third kappa shape index (κ3) is 3.43. The van der Waals surface area contributed by atoms with Crippen molar-refractivity contribution in [3.05, 3.63) is 29.8 Å². The van der Waals surface area contributed by atoms with Crippen molar-refractivity contribution in [2.24, 2.45) is 5.92 Å². The number of likely N-dealkylation sites (tertiary alicyclic amines) is 1. The Hall–Kier alpha value is -2.18. The molecule has 1 saturated carbocycles. The van der Waals surface area contributed by atoms with Crippen LogP contribution in [0, 0.1) is 5.92 Å². The molecule has 0 spiro atoms. The van der Waals surface area contributed by atoms with Gasteiger partial charge in [-0.25, -0.2) is 8.78 Å². The number of ether oxygens (including phenoxy) is 1. The number of carbonyl (C=O) groups excluding carboxylic acids is 1. The van der Waals surface area contributed by atoms with E-state index < -0.39 is 23.9 Å². The van der Waals surface area contributed by atoms with Crippen LogP contribution < -0.4 is 4.74 Å². The van der Waals surface area contributed by atoms with Crippen molar-refractivity contribution in [3.8, 4) is 5.75 Å². The van der Waals surface area contributed by atoms with Gasteiger partial charge in [0.2, 0.25) is 0 Å². The molecule has 1 amide bonds. The fourth-order valence-corrected chi connectivity index (χ4v) is 2.70. The first kappa shape index (κ1) is 15.7. The number of carbonyl (C=O) groups is 2. The summed E-state index contributed by atoms with van der Waals surface area (Å²) in [6.07, 6.45) is -0.136. The van der Waals surface area contributed by atoms with Crippen molar-refractivity contribution in [3.63, 3.8) is 0 Å². The fraction of sp³-hybridized carbons (Fsp3) is 0.500. The van der Waals surface area contributed by atoms with E-state index in [1.165, 1.54) is 29.2 Å². The molecule has 1 aromatic carbocycles. The van der Waals surface area contributed by atoms with Gasteiger partial charge in [-0.3, -0.25) is 9.59 Å². The largest absolute Gasteiger partial charge is 0.484 e. The second-order valence-corrected chi connectivity index (χ2v) is 6.02. The Morgan fingerprint density at radius 1 is 1.26 bits per heavy atom. The minimum atomic E-state index is -2.76. The highest BCUT2D eigenvalue weighted by Gasteiger charge is 2.59. The van der Waals surface area contributed by atoms with Gasteiger partial charge in [-0.2, -0.15) is 0 Å². The third-order valence-corrected chi connectivity index (χ3v) is 4.21. The average molecular weight is 325 g/mol. The van der Waals surface area contributed by atoms with Crippen LogP contribution in [0.3, 0.4) is 0 Å². The molecule has 1 heterocycles. The van der Waals surface area contributed by atoms with Crippen LogP contribution in [0.5, 0.6) is 5.75 Å². The average Bonchev–Trinajstić information content (AvgIpc) is 3.14. The Kier molecular flexibility index (Phi) is 3.95.